The van der Waals surface area contributed by atoms with E-state index in [1.54, 1.807) is 6.92 Å². The average molecular weight is 589 g/mol. The van der Waals surface area contributed by atoms with Crippen LogP contribution in [0.1, 0.15) is 61.3 Å². The molecule has 9 heteroatoms. The Morgan fingerprint density at radius 1 is 1.00 bits per heavy atom. The zero-order valence-electron chi connectivity index (χ0n) is 24.6. The topological polar surface area (TPSA) is 118 Å². The highest BCUT2D eigenvalue weighted by molar-refractivity contribution is 5.82. The quantitative estimate of drug-likeness (QED) is 0.304. The van der Waals surface area contributed by atoms with Gasteiger partial charge in [-0.2, -0.15) is 0 Å². The number of hydrogen-bond donors (Lipinski definition) is 3. The number of amides is 1. The summed E-state index contributed by atoms with van der Waals surface area (Å²) in [5.74, 6) is -0.852. The molecule has 0 saturated carbocycles. The summed E-state index contributed by atoms with van der Waals surface area (Å²) >= 11 is 0. The van der Waals surface area contributed by atoms with Crippen LogP contribution >= 0.6 is 0 Å². The third kappa shape index (κ3) is 8.28. The number of aliphatic hydroxyl groups is 2. The van der Waals surface area contributed by atoms with Crippen LogP contribution < -0.4 is 5.32 Å². The number of ether oxygens (including phenoxy) is 3. The molecule has 0 spiro atoms. The van der Waals surface area contributed by atoms with Crippen LogP contribution in [0.2, 0.25) is 0 Å². The van der Waals surface area contributed by atoms with Gasteiger partial charge in [0.15, 0.2) is 12.4 Å². The molecular formula is C34H40N2O7. The Bertz CT molecular complexity index is 1400. The second-order valence-electron chi connectivity index (χ2n) is 11.3. The van der Waals surface area contributed by atoms with Crippen molar-refractivity contribution in [3.05, 3.63) is 95.1 Å². The van der Waals surface area contributed by atoms with Crippen molar-refractivity contribution in [2.24, 2.45) is 0 Å². The van der Waals surface area contributed by atoms with Crippen molar-refractivity contribution in [2.45, 2.75) is 70.5 Å². The first kappa shape index (κ1) is 30.8. The van der Waals surface area contributed by atoms with Crippen molar-refractivity contribution in [2.75, 3.05) is 19.6 Å². The van der Waals surface area contributed by atoms with Crippen molar-refractivity contribution in [3.63, 3.8) is 0 Å². The zero-order chi connectivity index (χ0) is 30.3. The Labute approximate surface area is 252 Å². The predicted octanol–water partition coefficient (Wildman–Crippen LogP) is 4.03. The third-order valence-electron chi connectivity index (χ3n) is 7.92. The second kappa shape index (κ2) is 14.2. The van der Waals surface area contributed by atoms with E-state index in [2.05, 4.69) is 16.3 Å². The van der Waals surface area contributed by atoms with E-state index in [0.717, 1.165) is 46.3 Å². The highest BCUT2D eigenvalue weighted by atomic mass is 16.7. The summed E-state index contributed by atoms with van der Waals surface area (Å²) in [4.78, 5) is 25.7. The monoisotopic (exact) mass is 588 g/mol. The number of β-amino-alcohol motifs (C(OH)–C–C–N with tert-alkyl or cyclic N) is 1. The van der Waals surface area contributed by atoms with Crippen LogP contribution in [0.25, 0.3) is 11.1 Å². The molecule has 0 bridgehead atoms. The van der Waals surface area contributed by atoms with Gasteiger partial charge in [-0.05, 0) is 53.3 Å². The van der Waals surface area contributed by atoms with E-state index in [1.807, 2.05) is 66.7 Å². The van der Waals surface area contributed by atoms with Crippen LogP contribution in [0.15, 0.2) is 72.8 Å². The van der Waals surface area contributed by atoms with Gasteiger partial charge in [0.25, 0.3) is 5.91 Å². The maximum Gasteiger partial charge on any atom is 0.303 e. The summed E-state index contributed by atoms with van der Waals surface area (Å²) in [6.07, 6.45) is -0.552. The lowest BCUT2D eigenvalue weighted by Gasteiger charge is -2.38. The van der Waals surface area contributed by atoms with E-state index in [1.165, 1.54) is 6.92 Å². The number of hydrogen-bond acceptors (Lipinski definition) is 8. The molecule has 2 aliphatic heterocycles. The Morgan fingerprint density at radius 2 is 1.74 bits per heavy atom. The number of carbonyl (C=O) groups excluding carboxylic acids is 2. The van der Waals surface area contributed by atoms with Gasteiger partial charge in [-0.15, -0.1) is 0 Å². The highest BCUT2D eigenvalue weighted by Gasteiger charge is 2.34. The summed E-state index contributed by atoms with van der Waals surface area (Å²) in [7, 11) is 0. The summed E-state index contributed by atoms with van der Waals surface area (Å²) in [6, 6.07) is 23.8. The van der Waals surface area contributed by atoms with Crippen LogP contribution in [0.5, 0.6) is 0 Å². The summed E-state index contributed by atoms with van der Waals surface area (Å²) in [6.45, 7) is 5.32. The van der Waals surface area contributed by atoms with Crippen LogP contribution in [0, 0.1) is 0 Å². The Morgan fingerprint density at radius 3 is 2.44 bits per heavy atom. The molecule has 5 atom stereocenters. The predicted molar refractivity (Wildman–Crippen MR) is 160 cm³/mol. The lowest BCUT2D eigenvalue weighted by Crippen LogP contribution is -2.38. The SMILES string of the molecule is CC(=O)O[C@@H](C)C(=O)NCc1cccc(-c2cccc([C@@H]3O[C@H](CN4CC[C@H](O)C4)C[C@H](c4ccc(CO)cc4)O3)c2)c1. The van der Waals surface area contributed by atoms with Crippen LogP contribution in [-0.2, 0) is 37.0 Å². The molecule has 9 nitrogen and oxygen atoms in total. The fraction of sp³-hybridized carbons (Fsp3) is 0.412. The number of esters is 1. The van der Waals surface area contributed by atoms with Crippen LogP contribution in [0.3, 0.4) is 0 Å². The molecule has 5 rings (SSSR count). The molecule has 2 heterocycles. The van der Waals surface area contributed by atoms with E-state index in [9.17, 15) is 19.8 Å². The number of rotatable bonds is 10. The van der Waals surface area contributed by atoms with Crippen molar-refractivity contribution in [3.8, 4) is 11.1 Å². The van der Waals surface area contributed by atoms with E-state index < -0.39 is 18.4 Å². The summed E-state index contributed by atoms with van der Waals surface area (Å²) in [5, 5.41) is 22.3. The van der Waals surface area contributed by atoms with Crippen molar-refractivity contribution in [1.29, 1.82) is 0 Å². The molecule has 0 unspecified atom stereocenters. The van der Waals surface area contributed by atoms with E-state index in [-0.39, 0.29) is 30.8 Å². The molecule has 2 saturated heterocycles. The molecule has 3 aromatic rings. The molecule has 3 N–H and O–H groups in total. The molecule has 2 aliphatic rings. The number of nitrogens with zero attached hydrogens (tertiary/aromatic N) is 1. The molecular weight excluding hydrogens is 548 g/mol. The highest BCUT2D eigenvalue weighted by Crippen LogP contribution is 2.39. The first-order valence-corrected chi connectivity index (χ1v) is 14.8. The fourth-order valence-electron chi connectivity index (χ4n) is 5.66. The zero-order valence-corrected chi connectivity index (χ0v) is 24.6. The summed E-state index contributed by atoms with van der Waals surface area (Å²) in [5.41, 5.74) is 5.66. The maximum atomic E-state index is 12.3. The molecule has 1 amide bonds. The van der Waals surface area contributed by atoms with Gasteiger partial charge < -0.3 is 29.7 Å². The molecule has 2 fully saturated rings. The maximum absolute atomic E-state index is 12.3. The minimum Gasteiger partial charge on any atom is -0.453 e. The minimum absolute atomic E-state index is 0.00871. The van der Waals surface area contributed by atoms with Gasteiger partial charge in [0.2, 0.25) is 0 Å². The smallest absolute Gasteiger partial charge is 0.303 e. The number of nitrogens with one attached hydrogen (secondary N) is 1. The average Bonchev–Trinajstić information content (AvgIpc) is 3.43. The van der Waals surface area contributed by atoms with Crippen molar-refractivity contribution in [1.82, 2.24) is 10.2 Å². The van der Waals surface area contributed by atoms with Gasteiger partial charge in [0.1, 0.15) is 0 Å². The van der Waals surface area contributed by atoms with Gasteiger partial charge in [0.05, 0.1) is 24.9 Å². The molecule has 0 aromatic heterocycles. The molecule has 3 aromatic carbocycles. The first-order valence-electron chi connectivity index (χ1n) is 14.8. The normalized spacial score (nSPS) is 23.1. The summed E-state index contributed by atoms with van der Waals surface area (Å²) < 4.78 is 18.0. The number of benzene rings is 3. The second-order valence-corrected chi connectivity index (χ2v) is 11.3. The van der Waals surface area contributed by atoms with Crippen LogP contribution in [-0.4, -0.2) is 64.9 Å². The van der Waals surface area contributed by atoms with Gasteiger partial charge in [-0.3, -0.25) is 14.5 Å². The van der Waals surface area contributed by atoms with Gasteiger partial charge in [0, 0.05) is 45.1 Å². The Balaban J connectivity index is 1.32. The van der Waals surface area contributed by atoms with E-state index >= 15 is 0 Å². The molecule has 228 valence electrons. The number of aliphatic hydroxyl groups excluding tert-OH is 2. The van der Waals surface area contributed by atoms with E-state index in [4.69, 9.17) is 14.2 Å². The van der Waals surface area contributed by atoms with Crippen molar-refractivity contribution < 1.29 is 34.0 Å². The fourth-order valence-corrected chi connectivity index (χ4v) is 5.66. The van der Waals surface area contributed by atoms with Gasteiger partial charge in [-0.25, -0.2) is 0 Å². The third-order valence-corrected chi connectivity index (χ3v) is 7.92. The number of carbonyl (C=O) groups is 2. The lowest BCUT2D eigenvalue weighted by molar-refractivity contribution is -0.252. The van der Waals surface area contributed by atoms with Gasteiger partial charge in [-0.1, -0.05) is 60.7 Å². The van der Waals surface area contributed by atoms with Crippen LogP contribution in [0.4, 0.5) is 0 Å². The Kier molecular flexibility index (Phi) is 10.2. The van der Waals surface area contributed by atoms with E-state index in [0.29, 0.717) is 26.1 Å². The molecule has 0 radical (unpaired) electrons. The first-order chi connectivity index (χ1) is 20.8. The van der Waals surface area contributed by atoms with Gasteiger partial charge >= 0.3 is 5.97 Å². The van der Waals surface area contributed by atoms with Crippen molar-refractivity contribution >= 4 is 11.9 Å². The largest absolute Gasteiger partial charge is 0.453 e. The molecule has 0 aliphatic carbocycles. The Hall–Kier alpha value is -3.60. The molecule has 43 heavy (non-hydrogen) atoms. The minimum atomic E-state index is -0.858. The lowest BCUT2D eigenvalue weighted by atomic mass is 9.98. The number of likely N-dealkylation sites (tertiary alicyclic amines) is 1. The standard InChI is InChI=1S/C34H40N2O7/c1-22(41-23(2)38)33(40)35-18-25-5-3-6-27(15-25)28-7-4-8-29(16-28)34-42-31(20-36-14-13-30(39)19-36)17-32(43-34)26-11-9-24(21-37)10-12-26/h3-12,15-16,22,30-32,34,37,39H,13-14,17-21H2,1-2H3,(H,35,40)/t22-,30-,31-,32+,34+/m0/s1.